The monoisotopic (exact) mass is 386 g/mol. The summed E-state index contributed by atoms with van der Waals surface area (Å²) >= 11 is 6.06. The molecule has 1 atom stereocenters. The minimum atomic E-state index is -3.64. The fourth-order valence-electron chi connectivity index (χ4n) is 3.54. The standard InChI is InChI=1S/C18H27ClN2O3S/c1-13-10-11-15(19)12-17(13)21(25(4,23)24)14(2)18(22)20(3)16-8-6-5-7-9-16/h10-12,14,16H,5-9H2,1-4H3/t14-/m0/s1. The van der Waals surface area contributed by atoms with Gasteiger partial charge in [-0.1, -0.05) is 36.9 Å². The molecule has 0 heterocycles. The number of nitrogens with zero attached hydrogens (tertiary/aromatic N) is 2. The van der Waals surface area contributed by atoms with Crippen molar-refractivity contribution in [3.05, 3.63) is 28.8 Å². The van der Waals surface area contributed by atoms with Crippen LogP contribution in [0.25, 0.3) is 0 Å². The lowest BCUT2D eigenvalue weighted by molar-refractivity contribution is -0.133. The molecule has 140 valence electrons. The molecule has 0 bridgehead atoms. The third-order valence-corrected chi connectivity index (χ3v) is 6.41. The van der Waals surface area contributed by atoms with Crippen molar-refractivity contribution in [3.8, 4) is 0 Å². The first-order valence-electron chi connectivity index (χ1n) is 8.65. The van der Waals surface area contributed by atoms with Crippen molar-refractivity contribution in [2.75, 3.05) is 17.6 Å². The first-order chi connectivity index (χ1) is 11.6. The van der Waals surface area contributed by atoms with Crippen molar-refractivity contribution >= 4 is 33.2 Å². The van der Waals surface area contributed by atoms with E-state index in [1.807, 2.05) is 6.92 Å². The van der Waals surface area contributed by atoms with Gasteiger partial charge in [-0.25, -0.2) is 8.42 Å². The van der Waals surface area contributed by atoms with E-state index in [0.717, 1.165) is 37.5 Å². The highest BCUT2D eigenvalue weighted by atomic mass is 35.5. The molecular formula is C18H27ClN2O3S. The summed E-state index contributed by atoms with van der Waals surface area (Å²) in [5, 5.41) is 0.439. The summed E-state index contributed by atoms with van der Waals surface area (Å²) in [4.78, 5) is 14.7. The van der Waals surface area contributed by atoms with E-state index in [2.05, 4.69) is 0 Å². The van der Waals surface area contributed by atoms with Gasteiger partial charge in [-0.3, -0.25) is 9.10 Å². The number of hydrogen-bond acceptors (Lipinski definition) is 3. The molecule has 0 N–H and O–H groups in total. The smallest absolute Gasteiger partial charge is 0.246 e. The molecule has 0 unspecified atom stereocenters. The zero-order chi connectivity index (χ0) is 18.8. The van der Waals surface area contributed by atoms with Crippen molar-refractivity contribution in [2.24, 2.45) is 0 Å². The Morgan fingerprint density at radius 2 is 1.84 bits per heavy atom. The third kappa shape index (κ3) is 4.67. The summed E-state index contributed by atoms with van der Waals surface area (Å²) in [7, 11) is -1.86. The highest BCUT2D eigenvalue weighted by Crippen LogP contribution is 2.29. The zero-order valence-electron chi connectivity index (χ0n) is 15.3. The van der Waals surface area contributed by atoms with Gasteiger partial charge in [0.1, 0.15) is 6.04 Å². The SMILES string of the molecule is Cc1ccc(Cl)cc1N([C@@H](C)C(=O)N(C)C1CCCCC1)S(C)(=O)=O. The average molecular weight is 387 g/mol. The van der Waals surface area contributed by atoms with Crippen LogP contribution in [0.3, 0.4) is 0 Å². The number of aryl methyl sites for hydroxylation is 1. The predicted octanol–water partition coefficient (Wildman–Crippen LogP) is 3.59. The lowest BCUT2D eigenvalue weighted by Gasteiger charge is -2.36. The third-order valence-electron chi connectivity index (χ3n) is 4.95. The molecule has 0 aliphatic heterocycles. The fraction of sp³-hybridized carbons (Fsp3) is 0.611. The van der Waals surface area contributed by atoms with Gasteiger partial charge in [0.2, 0.25) is 15.9 Å². The van der Waals surface area contributed by atoms with Crippen molar-refractivity contribution in [1.29, 1.82) is 0 Å². The summed E-state index contributed by atoms with van der Waals surface area (Å²) < 4.78 is 26.1. The Kier molecular flexibility index (Phi) is 6.38. The number of likely N-dealkylation sites (N-methyl/N-ethyl adjacent to an activating group) is 1. The van der Waals surface area contributed by atoms with E-state index >= 15 is 0 Å². The largest absolute Gasteiger partial charge is 0.341 e. The number of halogens is 1. The van der Waals surface area contributed by atoms with Gasteiger partial charge in [-0.15, -0.1) is 0 Å². The van der Waals surface area contributed by atoms with Crippen molar-refractivity contribution in [2.45, 2.75) is 58.0 Å². The van der Waals surface area contributed by atoms with Gasteiger partial charge < -0.3 is 4.90 Å². The molecule has 0 saturated heterocycles. The minimum Gasteiger partial charge on any atom is -0.341 e. The molecule has 2 rings (SSSR count). The lowest BCUT2D eigenvalue weighted by Crippen LogP contribution is -2.51. The van der Waals surface area contributed by atoms with Crippen LogP contribution in [0.4, 0.5) is 5.69 Å². The number of rotatable bonds is 5. The van der Waals surface area contributed by atoms with Gasteiger partial charge in [0.15, 0.2) is 0 Å². The van der Waals surface area contributed by atoms with Crippen LogP contribution in [-0.4, -0.2) is 44.6 Å². The first kappa shape index (κ1) is 20.0. The van der Waals surface area contributed by atoms with Crippen molar-refractivity contribution in [1.82, 2.24) is 4.90 Å². The van der Waals surface area contributed by atoms with Crippen LogP contribution < -0.4 is 4.31 Å². The van der Waals surface area contributed by atoms with Crippen LogP contribution in [0.2, 0.25) is 5.02 Å². The Morgan fingerprint density at radius 3 is 2.40 bits per heavy atom. The molecule has 7 heteroatoms. The molecule has 0 aromatic heterocycles. The Labute approximate surface area is 156 Å². The number of benzene rings is 1. The van der Waals surface area contributed by atoms with E-state index in [-0.39, 0.29) is 11.9 Å². The van der Waals surface area contributed by atoms with Gasteiger partial charge >= 0.3 is 0 Å². The van der Waals surface area contributed by atoms with Crippen molar-refractivity contribution < 1.29 is 13.2 Å². The van der Waals surface area contributed by atoms with E-state index in [1.165, 1.54) is 10.7 Å². The topological polar surface area (TPSA) is 57.7 Å². The molecule has 0 spiro atoms. The van der Waals surface area contributed by atoms with Crippen LogP contribution in [0, 0.1) is 6.92 Å². The molecule has 1 fully saturated rings. The second kappa shape index (κ2) is 7.96. The molecular weight excluding hydrogens is 360 g/mol. The second-order valence-corrected chi connectivity index (χ2v) is 9.20. The maximum Gasteiger partial charge on any atom is 0.246 e. The van der Waals surface area contributed by atoms with E-state index in [9.17, 15) is 13.2 Å². The molecule has 25 heavy (non-hydrogen) atoms. The predicted molar refractivity (Wildman–Crippen MR) is 103 cm³/mol. The van der Waals surface area contributed by atoms with Crippen LogP contribution in [0.1, 0.15) is 44.6 Å². The first-order valence-corrected chi connectivity index (χ1v) is 10.9. The Hall–Kier alpha value is -1.27. The molecule has 1 aliphatic rings. The Morgan fingerprint density at radius 1 is 1.24 bits per heavy atom. The lowest BCUT2D eigenvalue weighted by atomic mass is 9.94. The second-order valence-electron chi connectivity index (χ2n) is 6.91. The van der Waals surface area contributed by atoms with Crippen LogP contribution in [0.15, 0.2) is 18.2 Å². The van der Waals surface area contributed by atoms with Gasteiger partial charge in [0.25, 0.3) is 0 Å². The van der Waals surface area contributed by atoms with Gasteiger partial charge in [0, 0.05) is 18.1 Å². The molecule has 0 radical (unpaired) electrons. The zero-order valence-corrected chi connectivity index (χ0v) is 16.9. The Balaban J connectivity index is 2.34. The molecule has 1 aromatic carbocycles. The van der Waals surface area contributed by atoms with Crippen LogP contribution >= 0.6 is 11.6 Å². The summed E-state index contributed by atoms with van der Waals surface area (Å²) in [6.07, 6.45) is 6.50. The van der Waals surface area contributed by atoms with E-state index in [0.29, 0.717) is 10.7 Å². The highest BCUT2D eigenvalue weighted by molar-refractivity contribution is 7.92. The molecule has 1 aliphatic carbocycles. The summed E-state index contributed by atoms with van der Waals surface area (Å²) in [5.74, 6) is -0.184. The summed E-state index contributed by atoms with van der Waals surface area (Å²) in [5.41, 5.74) is 1.21. The van der Waals surface area contributed by atoms with Crippen LogP contribution in [-0.2, 0) is 14.8 Å². The van der Waals surface area contributed by atoms with Crippen molar-refractivity contribution in [3.63, 3.8) is 0 Å². The number of carbonyl (C=O) groups is 1. The normalized spacial score (nSPS) is 17.2. The van der Waals surface area contributed by atoms with Gasteiger partial charge in [-0.2, -0.15) is 0 Å². The molecule has 5 nitrogen and oxygen atoms in total. The maximum atomic E-state index is 13.0. The number of anilines is 1. The number of carbonyl (C=O) groups excluding carboxylic acids is 1. The highest BCUT2D eigenvalue weighted by Gasteiger charge is 2.34. The van der Waals surface area contributed by atoms with E-state index in [4.69, 9.17) is 11.6 Å². The van der Waals surface area contributed by atoms with Gasteiger partial charge in [0.05, 0.1) is 11.9 Å². The molecule has 1 amide bonds. The van der Waals surface area contributed by atoms with E-state index in [1.54, 1.807) is 37.1 Å². The van der Waals surface area contributed by atoms with Crippen LogP contribution in [0.5, 0.6) is 0 Å². The number of hydrogen-bond donors (Lipinski definition) is 0. The summed E-state index contributed by atoms with van der Waals surface area (Å²) in [6.45, 7) is 3.45. The van der Waals surface area contributed by atoms with Gasteiger partial charge in [-0.05, 0) is 44.4 Å². The number of amides is 1. The summed E-state index contributed by atoms with van der Waals surface area (Å²) in [6, 6.07) is 4.44. The maximum absolute atomic E-state index is 13.0. The quantitative estimate of drug-likeness (QED) is 0.776. The van der Waals surface area contributed by atoms with E-state index < -0.39 is 16.1 Å². The Bertz CT molecular complexity index is 730. The average Bonchev–Trinajstić information content (AvgIpc) is 2.56. The molecule has 1 saturated carbocycles. The molecule has 1 aromatic rings. The number of sulfonamides is 1. The fourth-order valence-corrected chi connectivity index (χ4v) is 4.92. The minimum absolute atomic E-state index is 0.184.